The second kappa shape index (κ2) is 8.11. The smallest absolute Gasteiger partial charge is 0.250 e. The Morgan fingerprint density at radius 3 is 2.33 bits per heavy atom. The van der Waals surface area contributed by atoms with Crippen LogP contribution in [0.4, 0.5) is 0 Å². The van der Waals surface area contributed by atoms with Crippen LogP contribution in [0.25, 0.3) is 0 Å². The summed E-state index contributed by atoms with van der Waals surface area (Å²) in [5, 5.41) is 16.6. The van der Waals surface area contributed by atoms with Crippen molar-refractivity contribution in [1.82, 2.24) is 10.6 Å². The number of ether oxygens (including phenoxy) is 1. The number of aliphatic hydroxyl groups is 1. The molecule has 5 nitrogen and oxygen atoms in total. The molecule has 2 unspecified atom stereocenters. The van der Waals surface area contributed by atoms with Gasteiger partial charge in [-0.15, -0.1) is 0 Å². The first kappa shape index (κ1) is 16.7. The quantitative estimate of drug-likeness (QED) is 0.623. The highest BCUT2D eigenvalue weighted by atomic mass is 16.5. The van der Waals surface area contributed by atoms with Crippen LogP contribution in [0.1, 0.15) is 39.5 Å². The monoisotopic (exact) mass is 298 g/mol. The molecule has 2 aliphatic rings. The molecule has 2 atom stereocenters. The van der Waals surface area contributed by atoms with Crippen LogP contribution < -0.4 is 10.6 Å². The lowest BCUT2D eigenvalue weighted by Gasteiger charge is -2.30. The Morgan fingerprint density at radius 1 is 1.14 bits per heavy atom. The lowest BCUT2D eigenvalue weighted by atomic mass is 9.95. The summed E-state index contributed by atoms with van der Waals surface area (Å²) >= 11 is 0. The molecule has 0 aromatic heterocycles. The van der Waals surface area contributed by atoms with Crippen molar-refractivity contribution in [2.24, 2.45) is 17.8 Å². The van der Waals surface area contributed by atoms with Gasteiger partial charge in [-0.1, -0.05) is 13.8 Å². The van der Waals surface area contributed by atoms with Crippen LogP contribution >= 0.6 is 0 Å². The third-order valence-corrected chi connectivity index (χ3v) is 4.57. The lowest BCUT2D eigenvalue weighted by Crippen LogP contribution is -2.52. The number of hydrogen-bond donors (Lipinski definition) is 3. The van der Waals surface area contributed by atoms with Gasteiger partial charge in [-0.2, -0.15) is 0 Å². The van der Waals surface area contributed by atoms with Gasteiger partial charge in [0.2, 0.25) is 5.91 Å². The molecule has 1 saturated carbocycles. The van der Waals surface area contributed by atoms with E-state index in [9.17, 15) is 9.90 Å². The highest BCUT2D eigenvalue weighted by Gasteiger charge is 2.30. The summed E-state index contributed by atoms with van der Waals surface area (Å²) < 4.78 is 5.36. The molecule has 122 valence electrons. The number of hydrogen-bond acceptors (Lipinski definition) is 4. The molecule has 0 bridgehead atoms. The first-order valence-electron chi connectivity index (χ1n) is 8.34. The van der Waals surface area contributed by atoms with Crippen LogP contribution in [0.5, 0.6) is 0 Å². The molecule has 0 radical (unpaired) electrons. The standard InChI is InChI=1S/C16H30N2O3/c1-11(2)14(17-9-13-5-7-21-8-6-13)15(19)16(20)18-10-12-3-4-12/h11-15,17,19H,3-10H2,1-2H3,(H,18,20). The van der Waals surface area contributed by atoms with Crippen molar-refractivity contribution in [3.8, 4) is 0 Å². The van der Waals surface area contributed by atoms with Gasteiger partial charge in [0.05, 0.1) is 0 Å². The highest BCUT2D eigenvalue weighted by molar-refractivity contribution is 5.81. The van der Waals surface area contributed by atoms with Crippen molar-refractivity contribution in [3.05, 3.63) is 0 Å². The normalized spacial score (nSPS) is 23.0. The number of rotatable bonds is 8. The van der Waals surface area contributed by atoms with Crippen LogP contribution in [0, 0.1) is 17.8 Å². The summed E-state index contributed by atoms with van der Waals surface area (Å²) in [7, 11) is 0. The van der Waals surface area contributed by atoms with Crippen molar-refractivity contribution in [2.45, 2.75) is 51.7 Å². The Morgan fingerprint density at radius 2 is 1.76 bits per heavy atom. The number of nitrogens with one attached hydrogen (secondary N) is 2. The fraction of sp³-hybridized carbons (Fsp3) is 0.938. The molecular weight excluding hydrogens is 268 g/mol. The lowest BCUT2D eigenvalue weighted by molar-refractivity contribution is -0.131. The zero-order valence-electron chi connectivity index (χ0n) is 13.3. The van der Waals surface area contributed by atoms with Crippen LogP contribution in [0.3, 0.4) is 0 Å². The minimum Gasteiger partial charge on any atom is -0.382 e. The predicted octanol–water partition coefficient (Wildman–Crippen LogP) is 0.914. The van der Waals surface area contributed by atoms with E-state index in [0.717, 1.165) is 32.6 Å². The molecule has 1 aliphatic carbocycles. The maximum Gasteiger partial charge on any atom is 0.250 e. The van der Waals surface area contributed by atoms with Crippen LogP contribution in [-0.2, 0) is 9.53 Å². The van der Waals surface area contributed by atoms with Crippen LogP contribution in [-0.4, -0.2) is 49.5 Å². The molecule has 21 heavy (non-hydrogen) atoms. The minimum absolute atomic E-state index is 0.188. The van der Waals surface area contributed by atoms with Crippen molar-refractivity contribution < 1.29 is 14.6 Å². The average Bonchev–Trinajstić information content (AvgIpc) is 3.29. The Labute approximate surface area is 127 Å². The zero-order chi connectivity index (χ0) is 15.2. The fourth-order valence-corrected chi connectivity index (χ4v) is 2.80. The van der Waals surface area contributed by atoms with Gasteiger partial charge >= 0.3 is 0 Å². The Bertz CT molecular complexity index is 325. The summed E-state index contributed by atoms with van der Waals surface area (Å²) in [5.41, 5.74) is 0. The van der Waals surface area contributed by atoms with Crippen molar-refractivity contribution in [1.29, 1.82) is 0 Å². The molecule has 0 aromatic rings. The maximum atomic E-state index is 12.1. The van der Waals surface area contributed by atoms with Gasteiger partial charge in [-0.05, 0) is 50.0 Å². The Balaban J connectivity index is 1.76. The summed E-state index contributed by atoms with van der Waals surface area (Å²) in [6.45, 7) is 7.28. The van der Waals surface area contributed by atoms with Crippen molar-refractivity contribution in [2.75, 3.05) is 26.3 Å². The highest BCUT2D eigenvalue weighted by Crippen LogP contribution is 2.27. The first-order valence-corrected chi connectivity index (χ1v) is 8.34. The maximum absolute atomic E-state index is 12.1. The second-order valence-corrected chi connectivity index (χ2v) is 6.87. The van der Waals surface area contributed by atoms with Gasteiger partial charge in [-0.25, -0.2) is 0 Å². The molecule has 2 rings (SSSR count). The number of carbonyl (C=O) groups excluding carboxylic acids is 1. The minimum atomic E-state index is -0.969. The molecule has 0 aromatic carbocycles. The van der Waals surface area contributed by atoms with E-state index in [1.807, 2.05) is 13.8 Å². The van der Waals surface area contributed by atoms with Gasteiger partial charge < -0.3 is 20.5 Å². The Hall–Kier alpha value is -0.650. The van der Waals surface area contributed by atoms with E-state index in [2.05, 4.69) is 10.6 Å². The molecule has 2 fully saturated rings. The third-order valence-electron chi connectivity index (χ3n) is 4.57. The van der Waals surface area contributed by atoms with E-state index in [4.69, 9.17) is 4.74 Å². The zero-order valence-corrected chi connectivity index (χ0v) is 13.3. The first-order chi connectivity index (χ1) is 10.1. The summed E-state index contributed by atoms with van der Waals surface area (Å²) in [6.07, 6.45) is 3.55. The average molecular weight is 298 g/mol. The second-order valence-electron chi connectivity index (χ2n) is 6.87. The summed E-state index contributed by atoms with van der Waals surface area (Å²) in [6, 6.07) is -0.188. The molecule has 1 amide bonds. The number of aliphatic hydroxyl groups excluding tert-OH is 1. The molecule has 1 saturated heterocycles. The van der Waals surface area contributed by atoms with Gasteiger partial charge in [0.1, 0.15) is 6.10 Å². The number of amides is 1. The van der Waals surface area contributed by atoms with E-state index in [0.29, 0.717) is 18.4 Å². The van der Waals surface area contributed by atoms with Gasteiger partial charge in [0.25, 0.3) is 0 Å². The molecular formula is C16H30N2O3. The van der Waals surface area contributed by atoms with Crippen molar-refractivity contribution >= 4 is 5.91 Å². The summed E-state index contributed by atoms with van der Waals surface area (Å²) in [4.78, 5) is 12.1. The van der Waals surface area contributed by atoms with E-state index in [-0.39, 0.29) is 17.9 Å². The molecule has 3 N–H and O–H groups in total. The Kier molecular flexibility index (Phi) is 6.45. The van der Waals surface area contributed by atoms with Crippen molar-refractivity contribution in [3.63, 3.8) is 0 Å². The van der Waals surface area contributed by atoms with Crippen LogP contribution in [0.15, 0.2) is 0 Å². The van der Waals surface area contributed by atoms with E-state index in [1.54, 1.807) is 0 Å². The van der Waals surface area contributed by atoms with E-state index in [1.165, 1.54) is 12.8 Å². The van der Waals surface area contributed by atoms with E-state index >= 15 is 0 Å². The topological polar surface area (TPSA) is 70.6 Å². The molecule has 0 spiro atoms. The van der Waals surface area contributed by atoms with Crippen LogP contribution in [0.2, 0.25) is 0 Å². The molecule has 1 aliphatic heterocycles. The summed E-state index contributed by atoms with van der Waals surface area (Å²) in [5.74, 6) is 1.20. The third kappa shape index (κ3) is 5.57. The van der Waals surface area contributed by atoms with E-state index < -0.39 is 6.10 Å². The largest absolute Gasteiger partial charge is 0.382 e. The molecule has 5 heteroatoms. The van der Waals surface area contributed by atoms with Gasteiger partial charge in [0, 0.05) is 25.8 Å². The SMILES string of the molecule is CC(C)C(NCC1CCOCC1)C(O)C(=O)NCC1CC1. The molecule has 1 heterocycles. The predicted molar refractivity (Wildman–Crippen MR) is 81.9 cm³/mol. The fourth-order valence-electron chi connectivity index (χ4n) is 2.80. The number of carbonyl (C=O) groups is 1. The van der Waals surface area contributed by atoms with Gasteiger partial charge in [-0.3, -0.25) is 4.79 Å². The van der Waals surface area contributed by atoms with Gasteiger partial charge in [0.15, 0.2) is 0 Å².